The minimum Gasteiger partial charge on any atom is -0.253 e. The number of aryl methyl sites for hydroxylation is 1. The molecule has 2 rings (SSSR count). The first-order valence-electron chi connectivity index (χ1n) is 4.41. The quantitative estimate of drug-likeness (QED) is 0.791. The van der Waals surface area contributed by atoms with Crippen LogP contribution in [-0.2, 0) is 0 Å². The Morgan fingerprint density at radius 2 is 1.73 bits per heavy atom. The van der Waals surface area contributed by atoms with E-state index in [1.54, 1.807) is 12.4 Å². The third-order valence-corrected chi connectivity index (χ3v) is 3.34. The van der Waals surface area contributed by atoms with Crippen molar-refractivity contribution in [2.75, 3.05) is 0 Å². The summed E-state index contributed by atoms with van der Waals surface area (Å²) < 4.78 is 1.99. The number of rotatable bonds is 1. The van der Waals surface area contributed by atoms with Gasteiger partial charge in [-0.2, -0.15) is 0 Å². The van der Waals surface area contributed by atoms with Crippen molar-refractivity contribution in [1.82, 2.24) is 9.97 Å². The number of halogens is 2. The molecule has 2 heterocycles. The highest BCUT2D eigenvalue weighted by molar-refractivity contribution is 9.10. The Balaban J connectivity index is 2.45. The second-order valence-corrected chi connectivity index (χ2v) is 4.95. The summed E-state index contributed by atoms with van der Waals surface area (Å²) in [5.74, 6) is 0. The summed E-state index contributed by atoms with van der Waals surface area (Å²) in [7, 11) is 0. The van der Waals surface area contributed by atoms with Crippen molar-refractivity contribution in [3.8, 4) is 11.4 Å². The van der Waals surface area contributed by atoms with Crippen LogP contribution < -0.4 is 0 Å². The fourth-order valence-corrected chi connectivity index (χ4v) is 1.66. The first-order chi connectivity index (χ1) is 7.16. The van der Waals surface area contributed by atoms with Gasteiger partial charge in [-0.25, -0.2) is 0 Å². The van der Waals surface area contributed by atoms with Gasteiger partial charge in [0.25, 0.3) is 0 Å². The van der Waals surface area contributed by atoms with E-state index < -0.39 is 0 Å². The van der Waals surface area contributed by atoms with Gasteiger partial charge in [0, 0.05) is 21.3 Å². The minimum absolute atomic E-state index is 0.883. The smallest absolute Gasteiger partial charge is 0.0889 e. The number of hydrogen-bond acceptors (Lipinski definition) is 2. The first kappa shape index (κ1) is 10.8. The lowest BCUT2D eigenvalue weighted by atomic mass is 10.2. The summed E-state index contributed by atoms with van der Waals surface area (Å²) in [6.45, 7) is 2.04. The maximum Gasteiger partial charge on any atom is 0.0889 e. The maximum absolute atomic E-state index is 4.31. The van der Waals surface area contributed by atoms with Crippen LogP contribution in [0.25, 0.3) is 11.4 Å². The molecule has 0 radical (unpaired) electrons. The highest BCUT2D eigenvalue weighted by Gasteiger charge is 2.02. The van der Waals surface area contributed by atoms with Crippen LogP contribution in [-0.4, -0.2) is 9.97 Å². The van der Waals surface area contributed by atoms with Gasteiger partial charge in [-0.15, -0.1) is 0 Å². The lowest BCUT2D eigenvalue weighted by molar-refractivity contribution is 1.21. The van der Waals surface area contributed by atoms with Crippen molar-refractivity contribution >= 4 is 31.9 Å². The molecule has 0 amide bonds. The summed E-state index contributed by atoms with van der Waals surface area (Å²) in [6, 6.07) is 5.92. The first-order valence-corrected chi connectivity index (χ1v) is 5.99. The van der Waals surface area contributed by atoms with Crippen LogP contribution in [0.3, 0.4) is 0 Å². The second-order valence-electron chi connectivity index (χ2n) is 3.18. The average Bonchev–Trinajstić information content (AvgIpc) is 2.23. The number of aromatic nitrogens is 2. The molecular formula is C11H8Br2N2. The highest BCUT2D eigenvalue weighted by Crippen LogP contribution is 2.21. The molecule has 2 nitrogen and oxygen atoms in total. The normalized spacial score (nSPS) is 10.3. The molecule has 15 heavy (non-hydrogen) atoms. The zero-order valence-corrected chi connectivity index (χ0v) is 11.2. The van der Waals surface area contributed by atoms with Crippen molar-refractivity contribution in [3.63, 3.8) is 0 Å². The van der Waals surface area contributed by atoms with Gasteiger partial charge in [0.1, 0.15) is 0 Å². The fourth-order valence-electron chi connectivity index (χ4n) is 1.21. The summed E-state index contributed by atoms with van der Waals surface area (Å²) in [5, 5.41) is 0. The van der Waals surface area contributed by atoms with Gasteiger partial charge in [-0.05, 0) is 62.5 Å². The lowest BCUT2D eigenvalue weighted by Gasteiger charge is -2.02. The standard InChI is InChI=1S/C11H8Br2N2/c1-7-4-11(15-6-9(7)13)10-3-2-8(12)5-14-10/h2-6H,1H3. The molecule has 0 atom stereocenters. The zero-order chi connectivity index (χ0) is 10.8. The summed E-state index contributed by atoms with van der Waals surface area (Å²) in [6.07, 6.45) is 3.57. The summed E-state index contributed by atoms with van der Waals surface area (Å²) in [4.78, 5) is 8.61. The van der Waals surface area contributed by atoms with Gasteiger partial charge in [0.2, 0.25) is 0 Å². The maximum atomic E-state index is 4.31. The van der Waals surface area contributed by atoms with Crippen LogP contribution in [0.15, 0.2) is 39.5 Å². The van der Waals surface area contributed by atoms with Crippen molar-refractivity contribution in [2.24, 2.45) is 0 Å². The van der Waals surface area contributed by atoms with E-state index in [2.05, 4.69) is 41.8 Å². The van der Waals surface area contributed by atoms with Crippen LogP contribution in [0.2, 0.25) is 0 Å². The molecule has 0 N–H and O–H groups in total. The molecule has 76 valence electrons. The second kappa shape index (κ2) is 4.41. The van der Waals surface area contributed by atoms with E-state index in [9.17, 15) is 0 Å². The van der Waals surface area contributed by atoms with E-state index in [1.165, 1.54) is 0 Å². The molecule has 0 aliphatic carbocycles. The third-order valence-electron chi connectivity index (χ3n) is 2.04. The minimum atomic E-state index is 0.883. The zero-order valence-electron chi connectivity index (χ0n) is 8.04. The van der Waals surface area contributed by atoms with Gasteiger partial charge < -0.3 is 0 Å². The Bertz CT molecular complexity index is 480. The van der Waals surface area contributed by atoms with Crippen LogP contribution in [0.1, 0.15) is 5.56 Å². The summed E-state index contributed by atoms with van der Waals surface area (Å²) >= 11 is 6.78. The Morgan fingerprint density at radius 1 is 1.00 bits per heavy atom. The Morgan fingerprint density at radius 3 is 2.33 bits per heavy atom. The molecule has 0 aliphatic rings. The predicted molar refractivity (Wildman–Crippen MR) is 67.6 cm³/mol. The van der Waals surface area contributed by atoms with E-state index in [0.717, 1.165) is 25.9 Å². The average molecular weight is 328 g/mol. The van der Waals surface area contributed by atoms with E-state index in [0.29, 0.717) is 0 Å². The van der Waals surface area contributed by atoms with Gasteiger partial charge in [-0.1, -0.05) is 0 Å². The van der Waals surface area contributed by atoms with Gasteiger partial charge in [-0.3, -0.25) is 9.97 Å². The molecule has 0 aromatic carbocycles. The molecule has 0 fully saturated rings. The van der Waals surface area contributed by atoms with Crippen molar-refractivity contribution in [2.45, 2.75) is 6.92 Å². The molecule has 2 aromatic heterocycles. The number of hydrogen-bond donors (Lipinski definition) is 0. The molecule has 4 heteroatoms. The van der Waals surface area contributed by atoms with Crippen molar-refractivity contribution < 1.29 is 0 Å². The van der Waals surface area contributed by atoms with E-state index in [4.69, 9.17) is 0 Å². The molecule has 0 unspecified atom stereocenters. The molecular weight excluding hydrogens is 320 g/mol. The molecule has 0 aliphatic heterocycles. The topological polar surface area (TPSA) is 25.8 Å². The van der Waals surface area contributed by atoms with E-state index in [-0.39, 0.29) is 0 Å². The van der Waals surface area contributed by atoms with Crippen molar-refractivity contribution in [3.05, 3.63) is 45.1 Å². The van der Waals surface area contributed by atoms with Crippen molar-refractivity contribution in [1.29, 1.82) is 0 Å². The summed E-state index contributed by atoms with van der Waals surface area (Å²) in [5.41, 5.74) is 2.93. The van der Waals surface area contributed by atoms with Crippen LogP contribution >= 0.6 is 31.9 Å². The van der Waals surface area contributed by atoms with Gasteiger partial charge >= 0.3 is 0 Å². The monoisotopic (exact) mass is 326 g/mol. The molecule has 0 bridgehead atoms. The fraction of sp³-hybridized carbons (Fsp3) is 0.0909. The number of nitrogens with zero attached hydrogens (tertiary/aromatic N) is 2. The lowest BCUT2D eigenvalue weighted by Crippen LogP contribution is -1.88. The molecule has 0 saturated heterocycles. The van der Waals surface area contributed by atoms with Crippen LogP contribution in [0.4, 0.5) is 0 Å². The van der Waals surface area contributed by atoms with Gasteiger partial charge in [0.05, 0.1) is 11.4 Å². The highest BCUT2D eigenvalue weighted by atomic mass is 79.9. The Hall–Kier alpha value is -0.740. The van der Waals surface area contributed by atoms with E-state index >= 15 is 0 Å². The SMILES string of the molecule is Cc1cc(-c2ccc(Br)cn2)ncc1Br. The predicted octanol–water partition coefficient (Wildman–Crippen LogP) is 3.98. The van der Waals surface area contributed by atoms with E-state index in [1.807, 2.05) is 25.1 Å². The van der Waals surface area contributed by atoms with Crippen LogP contribution in [0, 0.1) is 6.92 Å². The molecule has 0 spiro atoms. The van der Waals surface area contributed by atoms with Gasteiger partial charge in [0.15, 0.2) is 0 Å². The number of pyridine rings is 2. The van der Waals surface area contributed by atoms with Crippen LogP contribution in [0.5, 0.6) is 0 Å². The Kier molecular flexibility index (Phi) is 3.17. The Labute approximate surface area is 105 Å². The molecule has 0 saturated carbocycles. The third kappa shape index (κ3) is 2.44. The molecule has 2 aromatic rings. The largest absolute Gasteiger partial charge is 0.253 e.